The van der Waals surface area contributed by atoms with Crippen molar-refractivity contribution >= 4 is 40.4 Å². The maximum absolute atomic E-state index is 12.1. The van der Waals surface area contributed by atoms with Crippen LogP contribution >= 0.6 is 22.6 Å². The number of carbonyl (C=O) groups is 3. The van der Waals surface area contributed by atoms with Gasteiger partial charge in [0, 0.05) is 15.6 Å². The molecule has 0 bridgehead atoms. The number of esters is 2. The van der Waals surface area contributed by atoms with Crippen molar-refractivity contribution in [1.29, 1.82) is 0 Å². The van der Waals surface area contributed by atoms with Gasteiger partial charge in [-0.05, 0) is 53.3 Å². The predicted octanol–water partition coefficient (Wildman–Crippen LogP) is 1.52. The van der Waals surface area contributed by atoms with Gasteiger partial charge >= 0.3 is 11.9 Å². The molecule has 0 aromatic heterocycles. The largest absolute Gasteiger partial charge is 0.469 e. The fraction of sp³-hybridized carbons (Fsp3) is 0.357. The molecule has 1 aromatic carbocycles. The van der Waals surface area contributed by atoms with Crippen LogP contribution in [0.25, 0.3) is 0 Å². The van der Waals surface area contributed by atoms with Gasteiger partial charge in [-0.15, -0.1) is 0 Å². The molecule has 0 saturated carbocycles. The van der Waals surface area contributed by atoms with Crippen molar-refractivity contribution in [3.05, 3.63) is 33.4 Å². The second-order valence-electron chi connectivity index (χ2n) is 4.17. The Bertz CT molecular complexity index is 515. The van der Waals surface area contributed by atoms with Crippen LogP contribution in [0.2, 0.25) is 0 Å². The molecule has 1 amide bonds. The van der Waals surface area contributed by atoms with Crippen molar-refractivity contribution in [2.24, 2.45) is 0 Å². The molecule has 0 spiro atoms. The number of amides is 1. The summed E-state index contributed by atoms with van der Waals surface area (Å²) in [7, 11) is 2.49. The molecule has 0 radical (unpaired) electrons. The first kappa shape index (κ1) is 17.4. The van der Waals surface area contributed by atoms with Crippen LogP contribution < -0.4 is 5.32 Å². The Labute approximate surface area is 136 Å². The second-order valence-corrected chi connectivity index (χ2v) is 5.42. The van der Waals surface area contributed by atoms with Gasteiger partial charge in [-0.2, -0.15) is 0 Å². The van der Waals surface area contributed by atoms with Gasteiger partial charge in [0.25, 0.3) is 5.91 Å². The number of ether oxygens (including phenoxy) is 2. The summed E-state index contributed by atoms with van der Waals surface area (Å²) in [6.45, 7) is 0. The summed E-state index contributed by atoms with van der Waals surface area (Å²) >= 11 is 2.13. The number of halogens is 1. The molecule has 0 aliphatic rings. The summed E-state index contributed by atoms with van der Waals surface area (Å²) in [4.78, 5) is 34.8. The van der Waals surface area contributed by atoms with E-state index in [0.29, 0.717) is 5.56 Å². The van der Waals surface area contributed by atoms with Crippen LogP contribution in [0.4, 0.5) is 0 Å². The Hall–Kier alpha value is -1.64. The van der Waals surface area contributed by atoms with Gasteiger partial charge in [0.05, 0.1) is 14.2 Å². The molecule has 114 valence electrons. The summed E-state index contributed by atoms with van der Waals surface area (Å²) in [5.41, 5.74) is 0.433. The predicted molar refractivity (Wildman–Crippen MR) is 83.7 cm³/mol. The average molecular weight is 405 g/mol. The molecular weight excluding hydrogens is 389 g/mol. The summed E-state index contributed by atoms with van der Waals surface area (Å²) in [6.07, 6.45) is 0.138. The SMILES string of the molecule is COC(=O)CC[C@H](NC(=O)c1ccc(I)cc1)C(=O)OC. The van der Waals surface area contributed by atoms with Crippen LogP contribution in [0.3, 0.4) is 0 Å². The molecule has 1 N–H and O–H groups in total. The number of methoxy groups -OCH3 is 2. The standard InChI is InChI=1S/C14H16INO5/c1-20-12(17)8-7-11(14(19)21-2)16-13(18)9-3-5-10(15)6-4-9/h3-6,11H,7-8H2,1-2H3,(H,16,18)/t11-/m0/s1. The lowest BCUT2D eigenvalue weighted by Gasteiger charge is -2.16. The smallest absolute Gasteiger partial charge is 0.328 e. The lowest BCUT2D eigenvalue weighted by molar-refractivity contribution is -0.144. The van der Waals surface area contributed by atoms with E-state index in [1.807, 2.05) is 0 Å². The molecule has 0 saturated heterocycles. The third-order valence-electron chi connectivity index (χ3n) is 2.76. The number of benzene rings is 1. The minimum absolute atomic E-state index is 0.0171. The van der Waals surface area contributed by atoms with E-state index in [1.165, 1.54) is 14.2 Å². The van der Waals surface area contributed by atoms with E-state index in [-0.39, 0.29) is 12.8 Å². The fourth-order valence-electron chi connectivity index (χ4n) is 1.60. The van der Waals surface area contributed by atoms with Crippen LogP contribution in [-0.4, -0.2) is 38.1 Å². The summed E-state index contributed by atoms with van der Waals surface area (Å²) in [6, 6.07) is 6.01. The first-order valence-corrected chi connectivity index (χ1v) is 7.27. The van der Waals surface area contributed by atoms with Crippen molar-refractivity contribution < 1.29 is 23.9 Å². The van der Waals surface area contributed by atoms with E-state index in [1.54, 1.807) is 24.3 Å². The first-order chi connectivity index (χ1) is 9.97. The lowest BCUT2D eigenvalue weighted by atomic mass is 10.1. The minimum Gasteiger partial charge on any atom is -0.469 e. The summed E-state index contributed by atoms with van der Waals surface area (Å²) < 4.78 is 10.1. The molecule has 7 heteroatoms. The molecule has 1 rings (SSSR count). The Morgan fingerprint density at radius 3 is 2.29 bits per heavy atom. The van der Waals surface area contributed by atoms with Gasteiger partial charge in [-0.25, -0.2) is 4.79 Å². The zero-order chi connectivity index (χ0) is 15.8. The zero-order valence-corrected chi connectivity index (χ0v) is 13.9. The van der Waals surface area contributed by atoms with Crippen molar-refractivity contribution in [2.45, 2.75) is 18.9 Å². The summed E-state index contributed by atoms with van der Waals surface area (Å²) in [5.74, 6) is -1.45. The monoisotopic (exact) mass is 405 g/mol. The second kappa shape index (κ2) is 8.60. The van der Waals surface area contributed by atoms with Gasteiger partial charge < -0.3 is 14.8 Å². The van der Waals surface area contributed by atoms with E-state index >= 15 is 0 Å². The number of hydrogen-bond acceptors (Lipinski definition) is 5. The highest BCUT2D eigenvalue weighted by molar-refractivity contribution is 14.1. The number of carbonyl (C=O) groups excluding carboxylic acids is 3. The maximum atomic E-state index is 12.1. The van der Waals surface area contributed by atoms with Crippen LogP contribution in [0.1, 0.15) is 23.2 Å². The average Bonchev–Trinajstić information content (AvgIpc) is 2.50. The van der Waals surface area contributed by atoms with Crippen molar-refractivity contribution in [3.63, 3.8) is 0 Å². The van der Waals surface area contributed by atoms with Gasteiger partial charge in [0.1, 0.15) is 6.04 Å². The van der Waals surface area contributed by atoms with Gasteiger partial charge in [0.15, 0.2) is 0 Å². The Morgan fingerprint density at radius 1 is 1.14 bits per heavy atom. The number of hydrogen-bond donors (Lipinski definition) is 1. The summed E-state index contributed by atoms with van der Waals surface area (Å²) in [5, 5.41) is 2.56. The van der Waals surface area contributed by atoms with E-state index in [9.17, 15) is 14.4 Å². The van der Waals surface area contributed by atoms with Crippen molar-refractivity contribution in [2.75, 3.05) is 14.2 Å². The normalized spacial score (nSPS) is 11.4. The molecule has 0 unspecified atom stereocenters. The Morgan fingerprint density at radius 2 is 1.76 bits per heavy atom. The van der Waals surface area contributed by atoms with Gasteiger partial charge in [0.2, 0.25) is 0 Å². The molecule has 0 aliphatic carbocycles. The number of rotatable bonds is 6. The van der Waals surface area contributed by atoms with E-state index in [4.69, 9.17) is 0 Å². The minimum atomic E-state index is -0.888. The van der Waals surface area contributed by atoms with E-state index < -0.39 is 23.9 Å². The zero-order valence-electron chi connectivity index (χ0n) is 11.7. The molecular formula is C14H16INO5. The Balaban J connectivity index is 2.71. The maximum Gasteiger partial charge on any atom is 0.328 e. The van der Waals surface area contributed by atoms with Crippen molar-refractivity contribution in [1.82, 2.24) is 5.32 Å². The molecule has 6 nitrogen and oxygen atoms in total. The topological polar surface area (TPSA) is 81.7 Å². The van der Waals surface area contributed by atoms with Crippen LogP contribution in [0, 0.1) is 3.57 Å². The molecule has 21 heavy (non-hydrogen) atoms. The molecule has 1 atom stereocenters. The highest BCUT2D eigenvalue weighted by atomic mass is 127. The van der Waals surface area contributed by atoms with Crippen molar-refractivity contribution in [3.8, 4) is 0 Å². The molecule has 1 aromatic rings. The number of nitrogens with one attached hydrogen (secondary N) is 1. The van der Waals surface area contributed by atoms with Gasteiger partial charge in [-0.1, -0.05) is 0 Å². The first-order valence-electron chi connectivity index (χ1n) is 6.19. The molecule has 0 heterocycles. The Kier molecular flexibility index (Phi) is 7.13. The third kappa shape index (κ3) is 5.70. The highest BCUT2D eigenvalue weighted by Gasteiger charge is 2.23. The van der Waals surface area contributed by atoms with Crippen LogP contribution in [0.5, 0.6) is 0 Å². The third-order valence-corrected chi connectivity index (χ3v) is 3.48. The highest BCUT2D eigenvalue weighted by Crippen LogP contribution is 2.08. The molecule has 0 aliphatic heterocycles. The lowest BCUT2D eigenvalue weighted by Crippen LogP contribution is -2.41. The fourth-order valence-corrected chi connectivity index (χ4v) is 1.96. The van der Waals surface area contributed by atoms with Gasteiger partial charge in [-0.3, -0.25) is 9.59 Å². The quantitative estimate of drug-likeness (QED) is 0.574. The van der Waals surface area contributed by atoms with Crippen LogP contribution in [0.15, 0.2) is 24.3 Å². The van der Waals surface area contributed by atoms with E-state index in [0.717, 1.165) is 3.57 Å². The van der Waals surface area contributed by atoms with Crippen LogP contribution in [-0.2, 0) is 19.1 Å². The van der Waals surface area contributed by atoms with E-state index in [2.05, 4.69) is 37.4 Å². The molecule has 0 fully saturated rings.